The first kappa shape index (κ1) is 21.4. The van der Waals surface area contributed by atoms with Crippen molar-refractivity contribution in [1.82, 2.24) is 5.32 Å². The maximum absolute atomic E-state index is 12.5. The number of quaternary nitrogens is 1. The highest BCUT2D eigenvalue weighted by molar-refractivity contribution is 5.93. The maximum Gasteiger partial charge on any atom is 0.279 e. The third-order valence-electron chi connectivity index (χ3n) is 4.48. The summed E-state index contributed by atoms with van der Waals surface area (Å²) >= 11 is 0. The zero-order valence-corrected chi connectivity index (χ0v) is 16.8. The molecule has 2 aromatic rings. The van der Waals surface area contributed by atoms with Gasteiger partial charge in [-0.1, -0.05) is 49.4 Å². The van der Waals surface area contributed by atoms with Crippen LogP contribution < -0.4 is 20.3 Å². The number of rotatable bonds is 10. The average Bonchev–Trinajstić information content (AvgIpc) is 2.69. The number of ether oxygens (including phenoxy) is 1. The van der Waals surface area contributed by atoms with E-state index in [1.165, 1.54) is 0 Å². The van der Waals surface area contributed by atoms with Gasteiger partial charge in [0.25, 0.3) is 11.8 Å². The predicted octanol–water partition coefficient (Wildman–Crippen LogP) is 1.81. The highest BCUT2D eigenvalue weighted by atomic mass is 16.5. The van der Waals surface area contributed by atoms with Crippen LogP contribution in [0.3, 0.4) is 0 Å². The van der Waals surface area contributed by atoms with E-state index in [0.717, 1.165) is 23.4 Å². The Balaban J connectivity index is 1.91. The summed E-state index contributed by atoms with van der Waals surface area (Å²) in [5, 5.41) is 5.89. The number of carbonyl (C=O) groups is 2. The summed E-state index contributed by atoms with van der Waals surface area (Å²) in [4.78, 5) is 25.9. The quantitative estimate of drug-likeness (QED) is 0.585. The standard InChI is InChI=1S/C22H29N3O3/c1-4-14-25(15-21(26)23-17(2)18-10-6-5-7-11-18)16-22(27)24-19-12-8-9-13-20(19)28-3/h5-13,17H,4,14-16H2,1-3H3,(H,23,26)(H,24,27)/p+1/t17-/m1/s1. The molecule has 0 aromatic heterocycles. The minimum absolute atomic E-state index is 0.0649. The van der Waals surface area contributed by atoms with Crippen LogP contribution in [0, 0.1) is 0 Å². The molecule has 0 saturated carbocycles. The van der Waals surface area contributed by atoms with Crippen LogP contribution in [0.5, 0.6) is 5.75 Å². The lowest BCUT2D eigenvalue weighted by Crippen LogP contribution is -3.14. The van der Waals surface area contributed by atoms with E-state index in [0.29, 0.717) is 11.4 Å². The molecule has 0 aliphatic heterocycles. The van der Waals surface area contributed by atoms with Crippen molar-refractivity contribution in [3.63, 3.8) is 0 Å². The number of nitrogens with one attached hydrogen (secondary N) is 3. The molecular formula is C22H30N3O3+. The summed E-state index contributed by atoms with van der Waals surface area (Å²) in [6.45, 7) is 5.22. The summed E-state index contributed by atoms with van der Waals surface area (Å²) in [6.07, 6.45) is 0.888. The van der Waals surface area contributed by atoms with Crippen LogP contribution in [0.4, 0.5) is 5.69 Å². The molecule has 0 radical (unpaired) electrons. The van der Waals surface area contributed by atoms with Crippen LogP contribution in [0.25, 0.3) is 0 Å². The number of amides is 2. The van der Waals surface area contributed by atoms with E-state index in [1.54, 1.807) is 19.2 Å². The minimum Gasteiger partial charge on any atom is -0.495 e. The fourth-order valence-electron chi connectivity index (χ4n) is 3.11. The Morgan fingerprint density at radius 3 is 2.32 bits per heavy atom. The van der Waals surface area contributed by atoms with Gasteiger partial charge < -0.3 is 20.3 Å². The van der Waals surface area contributed by atoms with Crippen LogP contribution >= 0.6 is 0 Å². The van der Waals surface area contributed by atoms with E-state index in [-0.39, 0.29) is 30.9 Å². The van der Waals surface area contributed by atoms with Crippen molar-refractivity contribution >= 4 is 17.5 Å². The molecule has 2 aromatic carbocycles. The molecule has 3 N–H and O–H groups in total. The van der Waals surface area contributed by atoms with Gasteiger partial charge in [0.05, 0.1) is 25.4 Å². The van der Waals surface area contributed by atoms with Crippen LogP contribution in [0.1, 0.15) is 31.9 Å². The molecule has 0 aliphatic carbocycles. The maximum atomic E-state index is 12.5. The van der Waals surface area contributed by atoms with Gasteiger partial charge in [0.2, 0.25) is 0 Å². The van der Waals surface area contributed by atoms with E-state index < -0.39 is 0 Å². The van der Waals surface area contributed by atoms with Gasteiger partial charge in [0.15, 0.2) is 13.1 Å². The van der Waals surface area contributed by atoms with Crippen molar-refractivity contribution in [1.29, 1.82) is 0 Å². The van der Waals surface area contributed by atoms with Crippen molar-refractivity contribution in [2.24, 2.45) is 0 Å². The second-order valence-corrected chi connectivity index (χ2v) is 6.80. The molecule has 28 heavy (non-hydrogen) atoms. The number of hydrogen-bond donors (Lipinski definition) is 3. The summed E-state index contributed by atoms with van der Waals surface area (Å²) in [5.74, 6) is 0.407. The average molecular weight is 385 g/mol. The lowest BCUT2D eigenvalue weighted by atomic mass is 10.1. The number of hydrogen-bond acceptors (Lipinski definition) is 3. The second-order valence-electron chi connectivity index (χ2n) is 6.80. The Labute approximate surface area is 166 Å². The molecule has 0 spiro atoms. The lowest BCUT2D eigenvalue weighted by Gasteiger charge is -2.20. The van der Waals surface area contributed by atoms with Crippen LogP contribution in [-0.4, -0.2) is 38.6 Å². The van der Waals surface area contributed by atoms with Gasteiger partial charge in [-0.25, -0.2) is 0 Å². The first-order valence-electron chi connectivity index (χ1n) is 9.64. The van der Waals surface area contributed by atoms with Crippen molar-refractivity contribution in [3.8, 4) is 5.75 Å². The van der Waals surface area contributed by atoms with E-state index in [1.807, 2.05) is 56.3 Å². The molecule has 150 valence electrons. The molecule has 1 unspecified atom stereocenters. The lowest BCUT2D eigenvalue weighted by molar-refractivity contribution is -0.883. The topological polar surface area (TPSA) is 71.9 Å². The fraction of sp³-hybridized carbons (Fsp3) is 0.364. The molecule has 2 amide bonds. The predicted molar refractivity (Wildman–Crippen MR) is 110 cm³/mol. The first-order chi connectivity index (χ1) is 13.5. The Hall–Kier alpha value is -2.86. The number of carbonyl (C=O) groups excluding carboxylic acids is 2. The van der Waals surface area contributed by atoms with Gasteiger partial charge in [-0.05, 0) is 31.0 Å². The molecule has 0 bridgehead atoms. The van der Waals surface area contributed by atoms with Crippen LogP contribution in [0.15, 0.2) is 54.6 Å². The summed E-state index contributed by atoms with van der Waals surface area (Å²) in [5.41, 5.74) is 1.69. The molecule has 0 aliphatic rings. The van der Waals surface area contributed by atoms with Gasteiger partial charge in [-0.15, -0.1) is 0 Å². The zero-order chi connectivity index (χ0) is 20.4. The normalized spacial score (nSPS) is 12.7. The van der Waals surface area contributed by atoms with Crippen molar-refractivity contribution in [3.05, 3.63) is 60.2 Å². The molecule has 2 rings (SSSR count). The Morgan fingerprint density at radius 2 is 1.64 bits per heavy atom. The van der Waals surface area contributed by atoms with Crippen molar-refractivity contribution < 1.29 is 19.2 Å². The molecular weight excluding hydrogens is 354 g/mol. The zero-order valence-electron chi connectivity index (χ0n) is 16.8. The molecule has 6 nitrogen and oxygen atoms in total. The molecule has 0 heterocycles. The highest BCUT2D eigenvalue weighted by Gasteiger charge is 2.19. The summed E-state index contributed by atoms with van der Waals surface area (Å²) in [7, 11) is 1.57. The number of anilines is 1. The van der Waals surface area contributed by atoms with Gasteiger partial charge in [-0.3, -0.25) is 9.59 Å². The monoisotopic (exact) mass is 384 g/mol. The van der Waals surface area contributed by atoms with E-state index in [4.69, 9.17) is 4.74 Å². The number of methoxy groups -OCH3 is 1. The van der Waals surface area contributed by atoms with Crippen molar-refractivity contribution in [2.45, 2.75) is 26.3 Å². The van der Waals surface area contributed by atoms with E-state index in [9.17, 15) is 9.59 Å². The van der Waals surface area contributed by atoms with E-state index in [2.05, 4.69) is 10.6 Å². The third-order valence-corrected chi connectivity index (χ3v) is 4.48. The number of benzene rings is 2. The summed E-state index contributed by atoms with van der Waals surface area (Å²) in [6, 6.07) is 17.0. The first-order valence-corrected chi connectivity index (χ1v) is 9.64. The highest BCUT2D eigenvalue weighted by Crippen LogP contribution is 2.22. The molecule has 0 saturated heterocycles. The van der Waals surface area contributed by atoms with Crippen molar-refractivity contribution in [2.75, 3.05) is 32.1 Å². The second kappa shape index (κ2) is 11.1. The minimum atomic E-state index is -0.142. The van der Waals surface area contributed by atoms with Gasteiger partial charge >= 0.3 is 0 Å². The smallest absolute Gasteiger partial charge is 0.279 e. The van der Waals surface area contributed by atoms with Gasteiger partial charge in [0.1, 0.15) is 5.75 Å². The van der Waals surface area contributed by atoms with Gasteiger partial charge in [0, 0.05) is 0 Å². The molecule has 0 fully saturated rings. The SMILES string of the molecule is CCC[NH+](CC(=O)Nc1ccccc1OC)CC(=O)N[C@H](C)c1ccccc1. The largest absolute Gasteiger partial charge is 0.495 e. The Bertz CT molecular complexity index is 765. The van der Waals surface area contributed by atoms with Gasteiger partial charge in [-0.2, -0.15) is 0 Å². The third kappa shape index (κ3) is 6.70. The fourth-order valence-corrected chi connectivity index (χ4v) is 3.11. The van der Waals surface area contributed by atoms with E-state index >= 15 is 0 Å². The van der Waals surface area contributed by atoms with Crippen LogP contribution in [-0.2, 0) is 9.59 Å². The molecule has 6 heteroatoms. The number of para-hydroxylation sites is 2. The Morgan fingerprint density at radius 1 is 1.00 bits per heavy atom. The Kier molecular flexibility index (Phi) is 8.49. The van der Waals surface area contributed by atoms with Crippen LogP contribution in [0.2, 0.25) is 0 Å². The molecule has 2 atom stereocenters. The summed E-state index contributed by atoms with van der Waals surface area (Å²) < 4.78 is 5.26.